The van der Waals surface area contributed by atoms with E-state index in [1.807, 2.05) is 0 Å². The first-order valence-corrected chi connectivity index (χ1v) is 13.0. The van der Waals surface area contributed by atoms with E-state index in [4.69, 9.17) is 9.84 Å². The van der Waals surface area contributed by atoms with Crippen LogP contribution in [0.3, 0.4) is 0 Å². The van der Waals surface area contributed by atoms with Crippen LogP contribution in [0, 0.1) is 11.6 Å². The fourth-order valence-electron chi connectivity index (χ4n) is 4.61. The van der Waals surface area contributed by atoms with Gasteiger partial charge in [-0.05, 0) is 30.5 Å². The molecule has 0 bridgehead atoms. The molecular weight excluding hydrogens is 494 g/mol. The Kier molecular flexibility index (Phi) is 7.35. The fourth-order valence-corrected chi connectivity index (χ4v) is 5.31. The quantitative estimate of drug-likeness (QED) is 0.231. The largest absolute Gasteiger partial charge is 0.394 e. The van der Waals surface area contributed by atoms with Crippen molar-refractivity contribution in [3.8, 4) is 0 Å². The summed E-state index contributed by atoms with van der Waals surface area (Å²) in [7, 11) is 0. The predicted octanol–water partition coefficient (Wildman–Crippen LogP) is 2.01. The van der Waals surface area contributed by atoms with E-state index >= 15 is 0 Å². The van der Waals surface area contributed by atoms with E-state index in [-0.39, 0.29) is 31.6 Å². The summed E-state index contributed by atoms with van der Waals surface area (Å²) in [6.07, 6.45) is -1.04. The lowest BCUT2D eigenvalue weighted by Gasteiger charge is -2.17. The van der Waals surface area contributed by atoms with Crippen LogP contribution in [0.5, 0.6) is 0 Å². The molecule has 5 rings (SSSR count). The molecule has 2 aromatic heterocycles. The maximum Gasteiger partial charge on any atom is 0.191 e. The van der Waals surface area contributed by atoms with Crippen LogP contribution in [0.15, 0.2) is 23.4 Å². The predicted molar refractivity (Wildman–Crippen MR) is 128 cm³/mol. The van der Waals surface area contributed by atoms with Gasteiger partial charge in [0.05, 0.1) is 25.4 Å². The van der Waals surface area contributed by atoms with Crippen LogP contribution < -0.4 is 5.32 Å². The summed E-state index contributed by atoms with van der Waals surface area (Å²) < 4.78 is 34.0. The Morgan fingerprint density at radius 3 is 2.75 bits per heavy atom. The average molecular weight is 523 g/mol. The van der Waals surface area contributed by atoms with Gasteiger partial charge in [0.1, 0.15) is 12.2 Å². The molecule has 0 radical (unpaired) electrons. The number of rotatable bonds is 10. The standard InChI is InChI=1S/C23H28F2N6O4S/c1-2-7-36-23-27-21(26-15-9-12(15)11-3-4-13(24)14(25)8-11)18-22(28-23)31(30-29-18)16-10-17(35-6-5-32)20(34)19(16)33/h3-4,8,12,15-17,19-20,32-34H,2,5-7,9-10H2,1H3,(H,26,27,28)/t12?,15?,16?,17?,19-,20+/m0/s1. The second kappa shape index (κ2) is 10.5. The third kappa shape index (κ3) is 4.90. The van der Waals surface area contributed by atoms with Gasteiger partial charge < -0.3 is 25.4 Å². The highest BCUT2D eigenvalue weighted by Gasteiger charge is 2.45. The number of thioether (sulfide) groups is 1. The zero-order valence-electron chi connectivity index (χ0n) is 19.6. The zero-order chi connectivity index (χ0) is 25.4. The Bertz CT molecular complexity index is 1230. The highest BCUT2D eigenvalue weighted by Crippen LogP contribution is 2.44. The molecule has 1 aromatic carbocycles. The van der Waals surface area contributed by atoms with Gasteiger partial charge in [0.2, 0.25) is 0 Å². The number of nitrogens with zero attached hydrogens (tertiary/aromatic N) is 5. The maximum atomic E-state index is 13.7. The molecule has 2 heterocycles. The van der Waals surface area contributed by atoms with Crippen molar-refractivity contribution >= 4 is 28.7 Å². The lowest BCUT2D eigenvalue weighted by Crippen LogP contribution is -2.33. The molecule has 6 atom stereocenters. The summed E-state index contributed by atoms with van der Waals surface area (Å²) in [4.78, 5) is 9.27. The van der Waals surface area contributed by atoms with Gasteiger partial charge in [-0.1, -0.05) is 30.0 Å². The lowest BCUT2D eigenvalue weighted by atomic mass is 10.1. The number of aliphatic hydroxyl groups excluding tert-OH is 3. The summed E-state index contributed by atoms with van der Waals surface area (Å²) in [5.41, 5.74) is 1.53. The molecule has 2 aliphatic carbocycles. The molecule has 0 saturated heterocycles. The van der Waals surface area contributed by atoms with Crippen LogP contribution in [0.25, 0.3) is 11.2 Å². The van der Waals surface area contributed by atoms with E-state index in [0.29, 0.717) is 27.7 Å². The van der Waals surface area contributed by atoms with Crippen LogP contribution in [0.4, 0.5) is 14.6 Å². The number of benzene rings is 1. The first-order chi connectivity index (χ1) is 17.4. The smallest absolute Gasteiger partial charge is 0.191 e. The van der Waals surface area contributed by atoms with Crippen molar-refractivity contribution in [2.45, 2.75) is 67.7 Å². The normalized spacial score (nSPS) is 27.6. The van der Waals surface area contributed by atoms with Crippen molar-refractivity contribution in [1.29, 1.82) is 0 Å². The number of halogens is 2. The van der Waals surface area contributed by atoms with E-state index in [0.717, 1.165) is 24.7 Å². The monoisotopic (exact) mass is 522 g/mol. The molecule has 10 nitrogen and oxygen atoms in total. The Morgan fingerprint density at radius 2 is 2.00 bits per heavy atom. The fraction of sp³-hybridized carbons (Fsp3) is 0.565. The highest BCUT2D eigenvalue weighted by molar-refractivity contribution is 7.99. The molecule has 2 fully saturated rings. The minimum atomic E-state index is -1.15. The number of fused-ring (bicyclic) bond motifs is 1. The van der Waals surface area contributed by atoms with Crippen LogP contribution in [-0.2, 0) is 4.74 Å². The van der Waals surface area contributed by atoms with E-state index < -0.39 is 36.0 Å². The summed E-state index contributed by atoms with van der Waals surface area (Å²) in [6, 6.07) is 3.26. The van der Waals surface area contributed by atoms with Crippen molar-refractivity contribution in [1.82, 2.24) is 25.0 Å². The van der Waals surface area contributed by atoms with E-state index in [9.17, 15) is 19.0 Å². The van der Waals surface area contributed by atoms with Crippen LogP contribution >= 0.6 is 11.8 Å². The molecule has 36 heavy (non-hydrogen) atoms. The Morgan fingerprint density at radius 1 is 1.17 bits per heavy atom. The third-order valence-electron chi connectivity index (χ3n) is 6.56. The van der Waals surface area contributed by atoms with Crippen molar-refractivity contribution < 1.29 is 28.8 Å². The van der Waals surface area contributed by atoms with Crippen LogP contribution in [-0.4, -0.2) is 83.6 Å². The van der Waals surface area contributed by atoms with Crippen LogP contribution in [0.2, 0.25) is 0 Å². The molecule has 194 valence electrons. The van der Waals surface area contributed by atoms with Gasteiger partial charge >= 0.3 is 0 Å². The molecule has 4 N–H and O–H groups in total. The minimum absolute atomic E-state index is 0.00291. The van der Waals surface area contributed by atoms with Crippen LogP contribution in [0.1, 0.15) is 43.7 Å². The van der Waals surface area contributed by atoms with Crippen molar-refractivity contribution in [3.05, 3.63) is 35.4 Å². The Labute approximate surface area is 210 Å². The van der Waals surface area contributed by atoms with Gasteiger partial charge in [-0.15, -0.1) is 5.10 Å². The van der Waals surface area contributed by atoms with Gasteiger partial charge in [0, 0.05) is 24.1 Å². The molecule has 0 aliphatic heterocycles. The minimum Gasteiger partial charge on any atom is -0.394 e. The third-order valence-corrected chi connectivity index (χ3v) is 7.61. The summed E-state index contributed by atoms with van der Waals surface area (Å²) in [5, 5.41) is 42.5. The number of nitrogens with one attached hydrogen (secondary N) is 1. The van der Waals surface area contributed by atoms with E-state index in [1.54, 1.807) is 6.07 Å². The van der Waals surface area contributed by atoms with Gasteiger partial charge in [-0.25, -0.2) is 23.4 Å². The Balaban J connectivity index is 1.43. The molecule has 0 amide bonds. The molecule has 0 spiro atoms. The number of aliphatic hydroxyl groups is 3. The second-order valence-corrected chi connectivity index (χ2v) is 10.2. The first-order valence-electron chi connectivity index (χ1n) is 12.0. The summed E-state index contributed by atoms with van der Waals surface area (Å²) in [5.74, 6) is -0.472. The van der Waals surface area contributed by atoms with Gasteiger partial charge in [-0.2, -0.15) is 0 Å². The maximum absolute atomic E-state index is 13.7. The second-order valence-electron chi connectivity index (χ2n) is 9.09. The topological polar surface area (TPSA) is 138 Å². The summed E-state index contributed by atoms with van der Waals surface area (Å²) in [6.45, 7) is 1.91. The SMILES string of the molecule is CCCSc1nc(NC2CC2c2ccc(F)c(F)c2)c2nnn(C3CC(OCCO)[C@@H](O)[C@H]3O)c2n1. The number of hydrogen-bond donors (Lipinski definition) is 4. The first kappa shape index (κ1) is 25.2. The Hall–Kier alpha value is -2.45. The molecule has 2 saturated carbocycles. The number of anilines is 1. The molecule has 13 heteroatoms. The van der Waals surface area contributed by atoms with E-state index in [2.05, 4.69) is 32.5 Å². The number of aromatic nitrogens is 5. The number of ether oxygens (including phenoxy) is 1. The van der Waals surface area contributed by atoms with Crippen molar-refractivity contribution in [2.24, 2.45) is 0 Å². The van der Waals surface area contributed by atoms with E-state index in [1.165, 1.54) is 22.5 Å². The van der Waals surface area contributed by atoms with Gasteiger partial charge in [0.15, 0.2) is 33.8 Å². The molecule has 2 aliphatic rings. The zero-order valence-corrected chi connectivity index (χ0v) is 20.4. The van der Waals surface area contributed by atoms with Gasteiger partial charge in [0.25, 0.3) is 0 Å². The molecule has 3 aromatic rings. The van der Waals surface area contributed by atoms with Crippen molar-refractivity contribution in [2.75, 3.05) is 24.3 Å². The summed E-state index contributed by atoms with van der Waals surface area (Å²) >= 11 is 1.48. The van der Waals surface area contributed by atoms with Crippen molar-refractivity contribution in [3.63, 3.8) is 0 Å². The average Bonchev–Trinajstić information content (AvgIpc) is 3.41. The lowest BCUT2D eigenvalue weighted by molar-refractivity contribution is -0.0629. The number of hydrogen-bond acceptors (Lipinski definition) is 10. The molecular formula is C23H28F2N6O4S. The van der Waals surface area contributed by atoms with Gasteiger partial charge in [-0.3, -0.25) is 0 Å². The highest BCUT2D eigenvalue weighted by atomic mass is 32.2. The molecule has 4 unspecified atom stereocenters.